The molecule has 2 fully saturated rings. The first-order valence-electron chi connectivity index (χ1n) is 10.2. The highest BCUT2D eigenvalue weighted by atomic mass is 16.5. The standard InChI is InChI=1S/C23H29N3O3/c1-28-21-13-18(14-22(15-21)29-2)24-23(27)26-11-10-25(19-8-9-19)16-20(26)12-17-6-4-3-5-7-17/h3-7,13-15,19-20H,8-12,16H2,1-2H3,(H,24,27). The Labute approximate surface area is 172 Å². The Bertz CT molecular complexity index is 816. The van der Waals surface area contributed by atoms with Crippen LogP contribution in [0.15, 0.2) is 48.5 Å². The number of nitrogens with zero attached hydrogens (tertiary/aromatic N) is 2. The van der Waals surface area contributed by atoms with E-state index in [1.807, 2.05) is 23.1 Å². The van der Waals surface area contributed by atoms with E-state index in [9.17, 15) is 4.79 Å². The molecule has 2 aromatic rings. The molecule has 0 radical (unpaired) electrons. The van der Waals surface area contributed by atoms with Gasteiger partial charge in [-0.2, -0.15) is 0 Å². The van der Waals surface area contributed by atoms with Crippen LogP contribution in [0.3, 0.4) is 0 Å². The largest absolute Gasteiger partial charge is 0.497 e. The van der Waals surface area contributed by atoms with Crippen molar-refractivity contribution in [3.05, 3.63) is 54.1 Å². The van der Waals surface area contributed by atoms with Gasteiger partial charge in [-0.25, -0.2) is 4.79 Å². The molecule has 2 aliphatic rings. The summed E-state index contributed by atoms with van der Waals surface area (Å²) in [5.41, 5.74) is 1.94. The van der Waals surface area contributed by atoms with E-state index >= 15 is 0 Å². The Morgan fingerprint density at radius 3 is 2.34 bits per heavy atom. The van der Waals surface area contributed by atoms with E-state index in [0.717, 1.165) is 26.1 Å². The Balaban J connectivity index is 1.50. The second-order valence-electron chi connectivity index (χ2n) is 7.79. The number of benzene rings is 2. The molecule has 4 rings (SSSR count). The van der Waals surface area contributed by atoms with Crippen LogP contribution in [0.4, 0.5) is 10.5 Å². The quantitative estimate of drug-likeness (QED) is 0.812. The van der Waals surface area contributed by atoms with Crippen molar-refractivity contribution >= 4 is 11.7 Å². The summed E-state index contributed by atoms with van der Waals surface area (Å²) in [7, 11) is 3.21. The van der Waals surface area contributed by atoms with Gasteiger partial charge in [0, 0.05) is 49.6 Å². The van der Waals surface area contributed by atoms with E-state index in [4.69, 9.17) is 9.47 Å². The first-order chi connectivity index (χ1) is 14.2. The molecule has 1 aliphatic heterocycles. The Morgan fingerprint density at radius 1 is 1.03 bits per heavy atom. The van der Waals surface area contributed by atoms with Gasteiger partial charge < -0.3 is 19.7 Å². The summed E-state index contributed by atoms with van der Waals surface area (Å²) in [4.78, 5) is 17.7. The minimum absolute atomic E-state index is 0.0725. The summed E-state index contributed by atoms with van der Waals surface area (Å²) in [6.45, 7) is 2.60. The van der Waals surface area contributed by atoms with Crippen molar-refractivity contribution in [2.75, 3.05) is 39.2 Å². The third kappa shape index (κ3) is 4.82. The number of carbonyl (C=O) groups excluding carboxylic acids is 1. The fraction of sp³-hybridized carbons (Fsp3) is 0.435. The zero-order chi connectivity index (χ0) is 20.2. The van der Waals surface area contributed by atoms with Crippen molar-refractivity contribution in [1.29, 1.82) is 0 Å². The highest BCUT2D eigenvalue weighted by Crippen LogP contribution is 2.30. The average molecular weight is 396 g/mol. The second kappa shape index (κ2) is 8.74. The topological polar surface area (TPSA) is 54.0 Å². The van der Waals surface area contributed by atoms with Crippen LogP contribution in [0.1, 0.15) is 18.4 Å². The Kier molecular flexibility index (Phi) is 5.90. The average Bonchev–Trinajstić information content (AvgIpc) is 3.59. The lowest BCUT2D eigenvalue weighted by molar-refractivity contribution is 0.0954. The Morgan fingerprint density at radius 2 is 1.72 bits per heavy atom. The van der Waals surface area contributed by atoms with Gasteiger partial charge in [0.15, 0.2) is 0 Å². The molecule has 1 aliphatic carbocycles. The highest BCUT2D eigenvalue weighted by molar-refractivity contribution is 5.90. The van der Waals surface area contributed by atoms with E-state index < -0.39 is 0 Å². The van der Waals surface area contributed by atoms with Crippen molar-refractivity contribution in [3.63, 3.8) is 0 Å². The molecule has 0 bridgehead atoms. The summed E-state index contributed by atoms with van der Waals surface area (Å²) < 4.78 is 10.6. The summed E-state index contributed by atoms with van der Waals surface area (Å²) in [5.74, 6) is 1.30. The maximum Gasteiger partial charge on any atom is 0.322 e. The number of piperazine rings is 1. The fourth-order valence-electron chi connectivity index (χ4n) is 4.05. The van der Waals surface area contributed by atoms with Gasteiger partial charge in [-0.05, 0) is 24.8 Å². The van der Waals surface area contributed by atoms with E-state index in [2.05, 4.69) is 34.5 Å². The smallest absolute Gasteiger partial charge is 0.322 e. The van der Waals surface area contributed by atoms with Crippen molar-refractivity contribution in [2.24, 2.45) is 0 Å². The van der Waals surface area contributed by atoms with Gasteiger partial charge in [-0.1, -0.05) is 30.3 Å². The number of carbonyl (C=O) groups is 1. The van der Waals surface area contributed by atoms with E-state index in [-0.39, 0.29) is 12.1 Å². The van der Waals surface area contributed by atoms with Crippen LogP contribution in [0.25, 0.3) is 0 Å². The second-order valence-corrected chi connectivity index (χ2v) is 7.79. The number of ether oxygens (including phenoxy) is 2. The van der Waals surface area contributed by atoms with Gasteiger partial charge in [0.05, 0.1) is 20.3 Å². The zero-order valence-electron chi connectivity index (χ0n) is 17.1. The SMILES string of the molecule is COc1cc(NC(=O)N2CCN(C3CC3)CC2Cc2ccccc2)cc(OC)c1. The molecule has 1 saturated heterocycles. The third-order valence-electron chi connectivity index (χ3n) is 5.76. The van der Waals surface area contributed by atoms with Crippen LogP contribution in [0, 0.1) is 0 Å². The molecular formula is C23H29N3O3. The van der Waals surface area contributed by atoms with Crippen LogP contribution in [0.5, 0.6) is 11.5 Å². The predicted octanol–water partition coefficient (Wildman–Crippen LogP) is 3.63. The minimum atomic E-state index is -0.0725. The summed E-state index contributed by atoms with van der Waals surface area (Å²) in [6.07, 6.45) is 3.43. The molecular weight excluding hydrogens is 366 g/mol. The molecule has 1 saturated carbocycles. The van der Waals surface area contributed by atoms with Gasteiger partial charge in [-0.3, -0.25) is 4.90 Å². The van der Waals surface area contributed by atoms with Gasteiger partial charge >= 0.3 is 6.03 Å². The summed E-state index contributed by atoms with van der Waals surface area (Å²) in [5, 5.41) is 3.04. The van der Waals surface area contributed by atoms with Crippen molar-refractivity contribution in [2.45, 2.75) is 31.3 Å². The van der Waals surface area contributed by atoms with Crippen LogP contribution >= 0.6 is 0 Å². The molecule has 1 heterocycles. The number of urea groups is 1. The summed E-state index contributed by atoms with van der Waals surface area (Å²) in [6, 6.07) is 16.6. The molecule has 154 valence electrons. The van der Waals surface area contributed by atoms with Crippen molar-refractivity contribution in [1.82, 2.24) is 9.80 Å². The molecule has 1 unspecified atom stereocenters. The minimum Gasteiger partial charge on any atom is -0.497 e. The fourth-order valence-corrected chi connectivity index (χ4v) is 4.05. The van der Waals surface area contributed by atoms with Crippen LogP contribution in [0.2, 0.25) is 0 Å². The molecule has 1 N–H and O–H groups in total. The van der Waals surface area contributed by atoms with Crippen molar-refractivity contribution in [3.8, 4) is 11.5 Å². The summed E-state index contributed by atoms with van der Waals surface area (Å²) >= 11 is 0. The van der Waals surface area contributed by atoms with Crippen LogP contribution < -0.4 is 14.8 Å². The molecule has 6 nitrogen and oxygen atoms in total. The lowest BCUT2D eigenvalue weighted by Gasteiger charge is -2.41. The molecule has 2 aromatic carbocycles. The first kappa shape index (κ1) is 19.6. The molecule has 0 spiro atoms. The van der Waals surface area contributed by atoms with Gasteiger partial charge in [-0.15, -0.1) is 0 Å². The Hall–Kier alpha value is -2.73. The van der Waals surface area contributed by atoms with Crippen LogP contribution in [-0.2, 0) is 6.42 Å². The first-order valence-corrected chi connectivity index (χ1v) is 10.2. The number of nitrogens with one attached hydrogen (secondary N) is 1. The molecule has 0 aromatic heterocycles. The number of hydrogen-bond acceptors (Lipinski definition) is 4. The predicted molar refractivity (Wildman–Crippen MR) is 114 cm³/mol. The molecule has 1 atom stereocenters. The normalized spacial score (nSPS) is 19.7. The van der Waals surface area contributed by atoms with E-state index in [1.54, 1.807) is 20.3 Å². The van der Waals surface area contributed by atoms with Crippen LogP contribution in [-0.4, -0.2) is 61.8 Å². The maximum atomic E-state index is 13.2. The van der Waals surface area contributed by atoms with Gasteiger partial charge in [0.1, 0.15) is 11.5 Å². The van der Waals surface area contributed by atoms with Gasteiger partial charge in [0.25, 0.3) is 0 Å². The molecule has 6 heteroatoms. The number of hydrogen-bond donors (Lipinski definition) is 1. The monoisotopic (exact) mass is 395 g/mol. The lowest BCUT2D eigenvalue weighted by atomic mass is 10.0. The highest BCUT2D eigenvalue weighted by Gasteiger charge is 2.37. The van der Waals surface area contributed by atoms with E-state index in [1.165, 1.54) is 18.4 Å². The maximum absolute atomic E-state index is 13.2. The zero-order valence-corrected chi connectivity index (χ0v) is 17.1. The van der Waals surface area contributed by atoms with E-state index in [0.29, 0.717) is 23.2 Å². The van der Waals surface area contributed by atoms with Gasteiger partial charge in [0.2, 0.25) is 0 Å². The van der Waals surface area contributed by atoms with Crippen molar-refractivity contribution < 1.29 is 14.3 Å². The number of methoxy groups -OCH3 is 2. The molecule has 29 heavy (non-hydrogen) atoms. The number of amides is 2. The number of rotatable bonds is 6. The lowest BCUT2D eigenvalue weighted by Crippen LogP contribution is -2.57. The third-order valence-corrected chi connectivity index (χ3v) is 5.76. The molecule has 2 amide bonds. The number of anilines is 1.